The Bertz CT molecular complexity index is 648. The van der Waals surface area contributed by atoms with E-state index in [0.29, 0.717) is 11.1 Å². The number of anilines is 1. The van der Waals surface area contributed by atoms with Crippen LogP contribution in [0, 0.1) is 17.5 Å². The summed E-state index contributed by atoms with van der Waals surface area (Å²) < 4.78 is 44.0. The fourth-order valence-corrected chi connectivity index (χ4v) is 2.06. The molecule has 1 aromatic carbocycles. The van der Waals surface area contributed by atoms with Crippen LogP contribution in [-0.2, 0) is 11.3 Å². The van der Waals surface area contributed by atoms with Gasteiger partial charge in [-0.25, -0.2) is 13.2 Å². The number of halogens is 3. The van der Waals surface area contributed by atoms with Crippen molar-refractivity contribution in [1.82, 2.24) is 10.2 Å². The van der Waals surface area contributed by atoms with Gasteiger partial charge in [-0.2, -0.15) is 0 Å². The molecule has 0 radical (unpaired) electrons. The number of nitrogens with zero attached hydrogens (tertiary/aromatic N) is 2. The SMILES string of the molecule is COCc1nnc(NC(=O)c2ccc(F)c(F)c2F)s1. The monoisotopic (exact) mass is 303 g/mol. The predicted molar refractivity (Wildman–Crippen MR) is 64.9 cm³/mol. The lowest BCUT2D eigenvalue weighted by Crippen LogP contribution is -2.15. The van der Waals surface area contributed by atoms with E-state index >= 15 is 0 Å². The molecule has 0 saturated carbocycles. The first kappa shape index (κ1) is 14.4. The van der Waals surface area contributed by atoms with Gasteiger partial charge in [-0.1, -0.05) is 11.3 Å². The van der Waals surface area contributed by atoms with Crippen LogP contribution in [0.2, 0.25) is 0 Å². The predicted octanol–water partition coefficient (Wildman–Crippen LogP) is 2.35. The van der Waals surface area contributed by atoms with Crippen molar-refractivity contribution in [2.75, 3.05) is 12.4 Å². The van der Waals surface area contributed by atoms with Crippen molar-refractivity contribution in [3.8, 4) is 0 Å². The summed E-state index contributed by atoms with van der Waals surface area (Å²) in [5.74, 6) is -5.56. The highest BCUT2D eigenvalue weighted by Gasteiger charge is 2.19. The molecule has 0 saturated heterocycles. The number of hydrogen-bond acceptors (Lipinski definition) is 5. The molecule has 0 atom stereocenters. The van der Waals surface area contributed by atoms with Crippen molar-refractivity contribution in [1.29, 1.82) is 0 Å². The fourth-order valence-electron chi connectivity index (χ4n) is 1.35. The molecule has 5 nitrogen and oxygen atoms in total. The van der Waals surface area contributed by atoms with E-state index in [2.05, 4.69) is 15.5 Å². The second-order valence-electron chi connectivity index (χ2n) is 3.61. The quantitative estimate of drug-likeness (QED) is 0.881. The van der Waals surface area contributed by atoms with Crippen molar-refractivity contribution >= 4 is 22.4 Å². The van der Waals surface area contributed by atoms with Crippen LogP contribution in [0.5, 0.6) is 0 Å². The van der Waals surface area contributed by atoms with Gasteiger partial charge in [0.2, 0.25) is 5.13 Å². The maximum absolute atomic E-state index is 13.4. The zero-order valence-corrected chi connectivity index (χ0v) is 10.9. The van der Waals surface area contributed by atoms with Crippen LogP contribution < -0.4 is 5.32 Å². The molecule has 20 heavy (non-hydrogen) atoms. The van der Waals surface area contributed by atoms with Gasteiger partial charge in [-0.15, -0.1) is 10.2 Å². The minimum atomic E-state index is -1.70. The number of hydrogen-bond donors (Lipinski definition) is 1. The molecule has 2 aromatic rings. The molecule has 9 heteroatoms. The molecule has 0 aliphatic carbocycles. The topological polar surface area (TPSA) is 64.1 Å². The van der Waals surface area contributed by atoms with E-state index in [1.165, 1.54) is 7.11 Å². The van der Waals surface area contributed by atoms with Crippen molar-refractivity contribution in [3.63, 3.8) is 0 Å². The number of nitrogens with one attached hydrogen (secondary N) is 1. The number of ether oxygens (including phenoxy) is 1. The van der Waals surface area contributed by atoms with E-state index in [0.717, 1.165) is 17.4 Å². The first-order valence-electron chi connectivity index (χ1n) is 5.29. The third-order valence-corrected chi connectivity index (χ3v) is 3.05. The van der Waals surface area contributed by atoms with Gasteiger partial charge in [-0.05, 0) is 12.1 Å². The molecule has 2 rings (SSSR count). The van der Waals surface area contributed by atoms with Crippen molar-refractivity contribution in [3.05, 3.63) is 40.2 Å². The second-order valence-corrected chi connectivity index (χ2v) is 4.67. The van der Waals surface area contributed by atoms with Gasteiger partial charge in [0, 0.05) is 7.11 Å². The largest absolute Gasteiger partial charge is 0.377 e. The van der Waals surface area contributed by atoms with Crippen molar-refractivity contribution < 1.29 is 22.7 Å². The minimum Gasteiger partial charge on any atom is -0.377 e. The summed E-state index contributed by atoms with van der Waals surface area (Å²) in [5, 5.41) is 10.2. The van der Waals surface area contributed by atoms with Gasteiger partial charge >= 0.3 is 0 Å². The summed E-state index contributed by atoms with van der Waals surface area (Å²) in [7, 11) is 1.47. The first-order chi connectivity index (χ1) is 9.52. The van der Waals surface area contributed by atoms with Crippen LogP contribution in [0.4, 0.5) is 18.3 Å². The molecule has 0 aliphatic rings. The number of rotatable bonds is 4. The number of carbonyl (C=O) groups is 1. The summed E-state index contributed by atoms with van der Waals surface area (Å²) >= 11 is 1.02. The van der Waals surface area contributed by atoms with E-state index in [1.54, 1.807) is 0 Å². The first-order valence-corrected chi connectivity index (χ1v) is 6.10. The Morgan fingerprint density at radius 1 is 1.30 bits per heavy atom. The lowest BCUT2D eigenvalue weighted by molar-refractivity contribution is 0.102. The normalized spacial score (nSPS) is 10.6. The number of benzene rings is 1. The highest BCUT2D eigenvalue weighted by atomic mass is 32.1. The molecule has 1 aromatic heterocycles. The molecule has 106 valence electrons. The number of aromatic nitrogens is 2. The fraction of sp³-hybridized carbons (Fsp3) is 0.182. The third-order valence-electron chi connectivity index (χ3n) is 2.23. The molecule has 0 bridgehead atoms. The molecular formula is C11H8F3N3O2S. The van der Waals surface area contributed by atoms with E-state index in [-0.39, 0.29) is 11.7 Å². The molecule has 1 N–H and O–H groups in total. The summed E-state index contributed by atoms with van der Waals surface area (Å²) in [4.78, 5) is 11.7. The van der Waals surface area contributed by atoms with Gasteiger partial charge in [0.15, 0.2) is 17.5 Å². The maximum atomic E-state index is 13.4. The summed E-state index contributed by atoms with van der Waals surface area (Å²) in [5.41, 5.74) is -0.618. The van der Waals surface area contributed by atoms with E-state index in [9.17, 15) is 18.0 Å². The third kappa shape index (κ3) is 2.94. The Kier molecular flexibility index (Phi) is 4.30. The standard InChI is InChI=1S/C11H8F3N3O2S/c1-19-4-7-16-17-11(20-7)15-10(18)5-2-3-6(12)9(14)8(5)13/h2-3H,4H2,1H3,(H,15,17,18). The van der Waals surface area contributed by atoms with Crippen LogP contribution in [-0.4, -0.2) is 23.2 Å². The van der Waals surface area contributed by atoms with Crippen LogP contribution in [0.1, 0.15) is 15.4 Å². The highest BCUT2D eigenvalue weighted by molar-refractivity contribution is 7.15. The molecule has 1 heterocycles. The Labute approximate surface area is 115 Å². The van der Waals surface area contributed by atoms with E-state index in [4.69, 9.17) is 4.74 Å². The van der Waals surface area contributed by atoms with Crippen molar-refractivity contribution in [2.24, 2.45) is 0 Å². The summed E-state index contributed by atoms with van der Waals surface area (Å²) in [6.07, 6.45) is 0. The minimum absolute atomic E-state index is 0.103. The van der Waals surface area contributed by atoms with Crippen molar-refractivity contribution in [2.45, 2.75) is 6.61 Å². The van der Waals surface area contributed by atoms with Crippen LogP contribution in [0.3, 0.4) is 0 Å². The smallest absolute Gasteiger partial charge is 0.260 e. The zero-order valence-electron chi connectivity index (χ0n) is 10.1. The Morgan fingerprint density at radius 2 is 2.05 bits per heavy atom. The van der Waals surface area contributed by atoms with Gasteiger partial charge in [0.25, 0.3) is 5.91 Å². The summed E-state index contributed by atoms with van der Waals surface area (Å²) in [6, 6.07) is 1.52. The van der Waals surface area contributed by atoms with E-state index in [1.807, 2.05) is 0 Å². The van der Waals surface area contributed by atoms with Crippen LogP contribution in [0.15, 0.2) is 12.1 Å². The lowest BCUT2D eigenvalue weighted by atomic mass is 10.2. The van der Waals surface area contributed by atoms with Gasteiger partial charge in [-0.3, -0.25) is 10.1 Å². The Morgan fingerprint density at radius 3 is 2.75 bits per heavy atom. The molecule has 0 spiro atoms. The second kappa shape index (κ2) is 5.97. The van der Waals surface area contributed by atoms with Gasteiger partial charge < -0.3 is 4.74 Å². The molecule has 0 aliphatic heterocycles. The van der Waals surface area contributed by atoms with E-state index < -0.39 is 28.9 Å². The molecule has 0 unspecified atom stereocenters. The average molecular weight is 303 g/mol. The average Bonchev–Trinajstić information content (AvgIpc) is 2.84. The highest BCUT2D eigenvalue weighted by Crippen LogP contribution is 2.19. The Hall–Kier alpha value is -2.00. The van der Waals surface area contributed by atoms with Gasteiger partial charge in [0.1, 0.15) is 11.6 Å². The lowest BCUT2D eigenvalue weighted by Gasteiger charge is -2.03. The van der Waals surface area contributed by atoms with Crippen LogP contribution >= 0.6 is 11.3 Å². The molecule has 0 fully saturated rings. The van der Waals surface area contributed by atoms with Crippen LogP contribution in [0.25, 0.3) is 0 Å². The summed E-state index contributed by atoms with van der Waals surface area (Å²) in [6.45, 7) is 0.215. The Balaban J connectivity index is 2.17. The number of amides is 1. The van der Waals surface area contributed by atoms with Gasteiger partial charge in [0.05, 0.1) is 5.56 Å². The maximum Gasteiger partial charge on any atom is 0.260 e. The molecular weight excluding hydrogens is 295 g/mol. The zero-order chi connectivity index (χ0) is 14.7. The number of methoxy groups -OCH3 is 1. The molecule has 1 amide bonds. The number of carbonyl (C=O) groups excluding carboxylic acids is 1.